The first kappa shape index (κ1) is 29.3. The van der Waals surface area contributed by atoms with Crippen molar-refractivity contribution in [2.45, 2.75) is 0 Å². The number of hydrogen-bond donors (Lipinski definition) is 0. The Balaban J connectivity index is 0.00000208. The Morgan fingerprint density at radius 2 is 1.04 bits per heavy atom. The predicted molar refractivity (Wildman–Crippen MR) is 169 cm³/mol. The Morgan fingerprint density at radius 1 is 0.553 bits per heavy atom. The van der Waals surface area contributed by atoms with E-state index in [-0.39, 0.29) is 71.0 Å². The second-order valence-electron chi connectivity index (χ2n) is 9.77. The molecule has 0 saturated heterocycles. The largest absolute Gasteiger partial charge is 2.00 e. The van der Waals surface area contributed by atoms with Gasteiger partial charge in [-0.1, -0.05) is 47.4 Å². The first-order valence-electron chi connectivity index (χ1n) is 14.9. The molecule has 0 aliphatic rings. The summed E-state index contributed by atoms with van der Waals surface area (Å²) in [5, 5.41) is 0.936. The molecule has 0 aliphatic heterocycles. The minimum Gasteiger partial charge on any atom is -0.503 e. The summed E-state index contributed by atoms with van der Waals surface area (Å²) in [5.41, 5.74) is 3.90. The standard InChI is InChI=1S/C37H20N6O2.Pd.Pt/c1-3-17-39-33(11-1)25-7-5-9-27(19-25)44-29-13-15-31-32-16-14-30(22-36(32)43(35(31)21-29)37-41-23-38-24-42-37)45-28-10-6-8-26(20-28)34-12-2-4-18-40-34;;/h1-18,23-24H;;/q-4;2*+2/i15D,16D;;. The minimum absolute atomic E-state index is 0. The first-order valence-corrected chi connectivity index (χ1v) is 13.9. The second-order valence-corrected chi connectivity index (χ2v) is 9.77. The van der Waals surface area contributed by atoms with Gasteiger partial charge in [-0.2, -0.15) is 22.9 Å². The van der Waals surface area contributed by atoms with Crippen molar-refractivity contribution in [3.8, 4) is 51.5 Å². The van der Waals surface area contributed by atoms with Crippen LogP contribution in [0, 0.1) is 24.3 Å². The molecule has 4 aromatic carbocycles. The number of ether oxygens (including phenoxy) is 2. The van der Waals surface area contributed by atoms with Crippen LogP contribution in [-0.4, -0.2) is 29.5 Å². The van der Waals surface area contributed by atoms with Crippen molar-refractivity contribution in [1.29, 1.82) is 0 Å². The monoisotopic (exact) mass is 883 g/mol. The fraction of sp³-hybridized carbons (Fsp3) is 0. The normalized spacial score (nSPS) is 11.2. The van der Waals surface area contributed by atoms with E-state index in [1.165, 1.54) is 12.7 Å². The summed E-state index contributed by atoms with van der Waals surface area (Å²) < 4.78 is 32.1. The van der Waals surface area contributed by atoms with Crippen molar-refractivity contribution in [3.05, 3.63) is 146 Å². The molecule has 0 unspecified atom stereocenters. The Hall–Kier alpha value is -5.06. The molecule has 0 N–H and O–H groups in total. The molecule has 0 fully saturated rings. The van der Waals surface area contributed by atoms with Gasteiger partial charge in [0.2, 0.25) is 5.95 Å². The van der Waals surface area contributed by atoms with Gasteiger partial charge in [-0.3, -0.25) is 0 Å². The van der Waals surface area contributed by atoms with Crippen LogP contribution in [-0.2, 0) is 41.5 Å². The molecule has 4 heterocycles. The Kier molecular flexibility index (Phi) is 8.84. The number of fused-ring (bicyclic) bond motifs is 3. The summed E-state index contributed by atoms with van der Waals surface area (Å²) in [7, 11) is 0. The fourth-order valence-electron chi connectivity index (χ4n) is 4.92. The van der Waals surface area contributed by atoms with Crippen LogP contribution in [0.25, 0.3) is 50.3 Å². The molecule has 230 valence electrons. The molecule has 0 aliphatic carbocycles. The molecule has 0 amide bonds. The summed E-state index contributed by atoms with van der Waals surface area (Å²) in [6.07, 6.45) is 6.19. The SMILES string of the molecule is [2H]c1cc(Oc2[c-]c(-c3ccccn3)ccc2)[c-]c2c1c1c([2H])cc(Oc3[c-]c(-c4ccccn4)ccc3)[c-]c1n2-c1ncncn1.[Pd+2].[Pt+2]. The van der Waals surface area contributed by atoms with Crippen LogP contribution in [0.5, 0.6) is 23.0 Å². The summed E-state index contributed by atoms with van der Waals surface area (Å²) in [5.74, 6) is 1.67. The molecule has 0 saturated carbocycles. The van der Waals surface area contributed by atoms with Gasteiger partial charge in [0, 0.05) is 38.1 Å². The van der Waals surface area contributed by atoms with Crippen LogP contribution in [0.3, 0.4) is 0 Å². The minimum atomic E-state index is 0. The molecule has 0 atom stereocenters. The number of pyridine rings is 2. The smallest absolute Gasteiger partial charge is 0.503 e. The van der Waals surface area contributed by atoms with E-state index < -0.39 is 0 Å². The summed E-state index contributed by atoms with van der Waals surface area (Å²) in [6, 6.07) is 38.7. The maximum Gasteiger partial charge on any atom is 2.00 e. The van der Waals surface area contributed by atoms with E-state index in [2.05, 4.69) is 49.2 Å². The van der Waals surface area contributed by atoms with Crippen molar-refractivity contribution >= 4 is 21.8 Å². The van der Waals surface area contributed by atoms with Gasteiger partial charge in [-0.15, -0.1) is 71.8 Å². The summed E-state index contributed by atoms with van der Waals surface area (Å²) in [6.45, 7) is 0. The Bertz CT molecular complexity index is 2250. The van der Waals surface area contributed by atoms with Crippen molar-refractivity contribution < 1.29 is 53.7 Å². The molecular weight excluding hydrogens is 862 g/mol. The summed E-state index contributed by atoms with van der Waals surface area (Å²) >= 11 is 0. The van der Waals surface area contributed by atoms with Gasteiger partial charge in [0.15, 0.2) is 0 Å². The maximum atomic E-state index is 9.01. The van der Waals surface area contributed by atoms with Crippen molar-refractivity contribution in [1.82, 2.24) is 29.5 Å². The molecule has 0 bridgehead atoms. The average molecular weight is 884 g/mol. The van der Waals surface area contributed by atoms with E-state index in [1.54, 1.807) is 41.2 Å². The summed E-state index contributed by atoms with van der Waals surface area (Å²) in [4.78, 5) is 21.5. The molecule has 8 nitrogen and oxygen atoms in total. The third-order valence-corrected chi connectivity index (χ3v) is 6.89. The van der Waals surface area contributed by atoms with Crippen LogP contribution in [0.15, 0.2) is 122 Å². The predicted octanol–water partition coefficient (Wildman–Crippen LogP) is 7.87. The number of aromatic nitrogens is 6. The van der Waals surface area contributed by atoms with Gasteiger partial charge < -0.3 is 24.0 Å². The molecule has 8 aromatic rings. The van der Waals surface area contributed by atoms with Gasteiger partial charge in [0.05, 0.1) is 0 Å². The van der Waals surface area contributed by atoms with E-state index >= 15 is 0 Å². The van der Waals surface area contributed by atoms with Gasteiger partial charge in [0.1, 0.15) is 12.7 Å². The van der Waals surface area contributed by atoms with E-state index in [4.69, 9.17) is 12.2 Å². The van der Waals surface area contributed by atoms with Crippen molar-refractivity contribution in [2.24, 2.45) is 0 Å². The Labute approximate surface area is 301 Å². The topological polar surface area (TPSA) is 87.8 Å². The molecule has 8 rings (SSSR count). The van der Waals surface area contributed by atoms with Gasteiger partial charge in [-0.05, 0) is 23.5 Å². The number of hydrogen-bond acceptors (Lipinski definition) is 7. The van der Waals surface area contributed by atoms with Gasteiger partial charge >= 0.3 is 41.5 Å². The van der Waals surface area contributed by atoms with E-state index in [9.17, 15) is 0 Å². The van der Waals surface area contributed by atoms with Crippen LogP contribution in [0.4, 0.5) is 0 Å². The van der Waals surface area contributed by atoms with E-state index in [0.29, 0.717) is 33.3 Å². The van der Waals surface area contributed by atoms with Gasteiger partial charge in [-0.25, -0.2) is 15.0 Å². The third kappa shape index (κ3) is 6.61. The average Bonchev–Trinajstić information content (AvgIpc) is 3.44. The molecule has 4 aromatic heterocycles. The third-order valence-electron chi connectivity index (χ3n) is 6.89. The number of rotatable bonds is 7. The van der Waals surface area contributed by atoms with Crippen LogP contribution in [0.2, 0.25) is 0 Å². The molecule has 0 spiro atoms. The van der Waals surface area contributed by atoms with Crippen LogP contribution < -0.4 is 9.47 Å². The zero-order chi connectivity index (χ0) is 31.7. The molecule has 10 heteroatoms. The quantitative estimate of drug-likeness (QED) is 0.119. The molecular formula is C37H20N6O2PdPt. The fourth-order valence-corrected chi connectivity index (χ4v) is 4.92. The van der Waals surface area contributed by atoms with Crippen molar-refractivity contribution in [3.63, 3.8) is 0 Å². The van der Waals surface area contributed by atoms with Gasteiger partial charge in [0.25, 0.3) is 0 Å². The van der Waals surface area contributed by atoms with E-state index in [1.807, 2.05) is 60.7 Å². The zero-order valence-electron chi connectivity index (χ0n) is 26.0. The molecule has 47 heavy (non-hydrogen) atoms. The van der Waals surface area contributed by atoms with Crippen molar-refractivity contribution in [2.75, 3.05) is 0 Å². The van der Waals surface area contributed by atoms with Crippen LogP contribution >= 0.6 is 0 Å². The second kappa shape index (κ2) is 14.1. The number of benzene rings is 4. The molecule has 0 radical (unpaired) electrons. The zero-order valence-corrected chi connectivity index (χ0v) is 27.9. The van der Waals surface area contributed by atoms with Crippen LogP contribution in [0.1, 0.15) is 2.74 Å². The Morgan fingerprint density at radius 3 is 1.51 bits per heavy atom. The maximum absolute atomic E-state index is 9.01. The first-order chi connectivity index (χ1) is 23.1. The van der Waals surface area contributed by atoms with E-state index in [0.717, 1.165) is 22.5 Å². The number of nitrogens with zero attached hydrogens (tertiary/aromatic N) is 6.